The summed E-state index contributed by atoms with van der Waals surface area (Å²) in [6.45, 7) is 0. The maximum atomic E-state index is 13.2. The Labute approximate surface area is 104 Å². The highest BCUT2D eigenvalue weighted by Crippen LogP contribution is 2.26. The van der Waals surface area contributed by atoms with Crippen molar-refractivity contribution in [2.75, 3.05) is 7.11 Å². The fraction of sp³-hybridized carbons (Fsp3) is 0.143. The Hall–Kier alpha value is -2.41. The highest BCUT2D eigenvalue weighted by atomic mass is 19.1. The van der Waals surface area contributed by atoms with Gasteiger partial charge in [-0.1, -0.05) is 12.1 Å². The zero-order valence-corrected chi connectivity index (χ0v) is 9.85. The molecule has 2 aromatic rings. The molecule has 0 saturated carbocycles. The van der Waals surface area contributed by atoms with E-state index in [0.29, 0.717) is 11.4 Å². The molecule has 0 saturated heterocycles. The third-order valence-electron chi connectivity index (χ3n) is 2.58. The second kappa shape index (κ2) is 5.28. The molecule has 0 spiro atoms. The lowest BCUT2D eigenvalue weighted by molar-refractivity contribution is 0.397. The summed E-state index contributed by atoms with van der Waals surface area (Å²) in [6, 6.07) is 10.00. The molecule has 3 nitrogen and oxygen atoms in total. The van der Waals surface area contributed by atoms with Gasteiger partial charge in [0.15, 0.2) is 0 Å². The van der Waals surface area contributed by atoms with E-state index in [2.05, 4.69) is 11.1 Å². The van der Waals surface area contributed by atoms with Gasteiger partial charge in [0.25, 0.3) is 0 Å². The predicted molar refractivity (Wildman–Crippen MR) is 65.5 cm³/mol. The van der Waals surface area contributed by atoms with Crippen LogP contribution in [0, 0.1) is 17.1 Å². The van der Waals surface area contributed by atoms with Gasteiger partial charge >= 0.3 is 0 Å². The van der Waals surface area contributed by atoms with Crippen LogP contribution in [0.2, 0.25) is 0 Å². The molecule has 0 atom stereocenters. The summed E-state index contributed by atoms with van der Waals surface area (Å²) in [4.78, 5) is 4.09. The van der Waals surface area contributed by atoms with Crippen molar-refractivity contribution in [1.82, 2.24) is 4.98 Å². The average Bonchev–Trinajstić information content (AvgIpc) is 2.39. The van der Waals surface area contributed by atoms with E-state index >= 15 is 0 Å². The van der Waals surface area contributed by atoms with Crippen LogP contribution in [0.25, 0.3) is 11.1 Å². The first-order chi connectivity index (χ1) is 8.74. The van der Waals surface area contributed by atoms with Gasteiger partial charge < -0.3 is 4.74 Å². The molecule has 2 rings (SSSR count). The molecule has 0 aliphatic rings. The molecular weight excluding hydrogens is 231 g/mol. The average molecular weight is 242 g/mol. The molecule has 0 aliphatic carbocycles. The van der Waals surface area contributed by atoms with Crippen molar-refractivity contribution in [3.8, 4) is 23.1 Å². The van der Waals surface area contributed by atoms with E-state index in [1.54, 1.807) is 24.4 Å². The van der Waals surface area contributed by atoms with E-state index in [1.165, 1.54) is 19.2 Å². The molecule has 0 unspecified atom stereocenters. The molecule has 1 aromatic carbocycles. The minimum atomic E-state index is -0.314. The minimum absolute atomic E-state index is 0.227. The highest BCUT2D eigenvalue weighted by Gasteiger charge is 2.08. The van der Waals surface area contributed by atoms with Gasteiger partial charge in [0, 0.05) is 17.8 Å². The molecular formula is C14H11FN2O. The second-order valence-corrected chi connectivity index (χ2v) is 3.73. The SMILES string of the molecule is COc1cc(CC#N)c(-c2cccc(F)c2)cn1. The second-order valence-electron chi connectivity index (χ2n) is 3.73. The Morgan fingerprint density at radius 1 is 1.39 bits per heavy atom. The summed E-state index contributed by atoms with van der Waals surface area (Å²) in [5, 5.41) is 8.82. The molecule has 0 N–H and O–H groups in total. The Bertz CT molecular complexity index is 605. The molecule has 0 radical (unpaired) electrons. The molecule has 18 heavy (non-hydrogen) atoms. The van der Waals surface area contributed by atoms with Crippen LogP contribution >= 0.6 is 0 Å². The molecule has 0 amide bonds. The third kappa shape index (κ3) is 2.46. The van der Waals surface area contributed by atoms with E-state index in [1.807, 2.05) is 0 Å². The van der Waals surface area contributed by atoms with Gasteiger partial charge in [0.2, 0.25) is 5.88 Å². The number of hydrogen-bond donors (Lipinski definition) is 0. The maximum Gasteiger partial charge on any atom is 0.213 e. The van der Waals surface area contributed by atoms with Crippen LogP contribution in [0.4, 0.5) is 4.39 Å². The lowest BCUT2D eigenvalue weighted by Crippen LogP contribution is -1.94. The fourth-order valence-electron chi connectivity index (χ4n) is 1.73. The summed E-state index contributed by atoms with van der Waals surface area (Å²) in [5.41, 5.74) is 2.22. The van der Waals surface area contributed by atoms with Crippen LogP contribution < -0.4 is 4.74 Å². The van der Waals surface area contributed by atoms with Crippen molar-refractivity contribution >= 4 is 0 Å². The maximum absolute atomic E-state index is 13.2. The van der Waals surface area contributed by atoms with Gasteiger partial charge in [0.1, 0.15) is 5.82 Å². The summed E-state index contributed by atoms with van der Waals surface area (Å²) in [6.07, 6.45) is 1.82. The molecule has 0 aliphatic heterocycles. The van der Waals surface area contributed by atoms with Crippen LogP contribution in [0.5, 0.6) is 5.88 Å². The lowest BCUT2D eigenvalue weighted by Gasteiger charge is -2.08. The molecule has 4 heteroatoms. The summed E-state index contributed by atoms with van der Waals surface area (Å²) < 4.78 is 18.2. The van der Waals surface area contributed by atoms with Crippen LogP contribution in [0.15, 0.2) is 36.5 Å². The van der Waals surface area contributed by atoms with Crippen molar-refractivity contribution in [3.05, 3.63) is 47.9 Å². The van der Waals surface area contributed by atoms with Crippen molar-refractivity contribution in [2.24, 2.45) is 0 Å². The van der Waals surface area contributed by atoms with Crippen molar-refractivity contribution in [3.63, 3.8) is 0 Å². The number of rotatable bonds is 3. The first-order valence-corrected chi connectivity index (χ1v) is 5.40. The van der Waals surface area contributed by atoms with Crippen molar-refractivity contribution in [2.45, 2.75) is 6.42 Å². The monoisotopic (exact) mass is 242 g/mol. The molecule has 1 heterocycles. The Morgan fingerprint density at radius 3 is 2.89 bits per heavy atom. The number of pyridine rings is 1. The van der Waals surface area contributed by atoms with Gasteiger partial charge in [-0.2, -0.15) is 5.26 Å². The predicted octanol–water partition coefficient (Wildman–Crippen LogP) is 2.96. The van der Waals surface area contributed by atoms with Crippen LogP contribution in [0.3, 0.4) is 0 Å². The molecule has 0 fully saturated rings. The number of halogens is 1. The van der Waals surface area contributed by atoms with Gasteiger partial charge in [-0.3, -0.25) is 0 Å². The van der Waals surface area contributed by atoms with E-state index in [4.69, 9.17) is 10.00 Å². The minimum Gasteiger partial charge on any atom is -0.481 e. The van der Waals surface area contributed by atoms with Gasteiger partial charge in [-0.15, -0.1) is 0 Å². The summed E-state index contributed by atoms with van der Waals surface area (Å²) in [5.74, 6) is 0.131. The van der Waals surface area contributed by atoms with Gasteiger partial charge in [-0.05, 0) is 23.3 Å². The number of benzene rings is 1. The number of ether oxygens (including phenoxy) is 1. The molecule has 90 valence electrons. The zero-order valence-electron chi connectivity index (χ0n) is 9.85. The fourth-order valence-corrected chi connectivity index (χ4v) is 1.73. The number of aromatic nitrogens is 1. The van der Waals surface area contributed by atoms with Gasteiger partial charge in [-0.25, -0.2) is 9.37 Å². The summed E-state index contributed by atoms with van der Waals surface area (Å²) >= 11 is 0. The highest BCUT2D eigenvalue weighted by molar-refractivity contribution is 5.67. The van der Waals surface area contributed by atoms with Crippen molar-refractivity contribution < 1.29 is 9.13 Å². The Morgan fingerprint density at radius 2 is 2.22 bits per heavy atom. The third-order valence-corrected chi connectivity index (χ3v) is 2.58. The standard InChI is InChI=1S/C14H11FN2O/c1-18-14-8-11(5-6-16)13(9-17-14)10-3-2-4-12(15)7-10/h2-4,7-9H,5H2,1H3. The number of nitrogens with zero attached hydrogens (tertiary/aromatic N) is 2. The topological polar surface area (TPSA) is 45.9 Å². The number of nitriles is 1. The lowest BCUT2D eigenvalue weighted by atomic mass is 10.0. The van der Waals surface area contributed by atoms with Crippen LogP contribution in [-0.4, -0.2) is 12.1 Å². The Kier molecular flexibility index (Phi) is 3.54. The first kappa shape index (κ1) is 12.1. The molecule has 1 aromatic heterocycles. The van der Waals surface area contributed by atoms with Gasteiger partial charge in [0.05, 0.1) is 19.6 Å². The zero-order chi connectivity index (χ0) is 13.0. The van der Waals surface area contributed by atoms with Crippen LogP contribution in [-0.2, 0) is 6.42 Å². The van der Waals surface area contributed by atoms with E-state index in [9.17, 15) is 4.39 Å². The Balaban J connectivity index is 2.53. The smallest absolute Gasteiger partial charge is 0.213 e. The number of methoxy groups -OCH3 is 1. The summed E-state index contributed by atoms with van der Waals surface area (Å²) in [7, 11) is 1.51. The van der Waals surface area contributed by atoms with E-state index < -0.39 is 0 Å². The normalized spacial score (nSPS) is 9.83. The van der Waals surface area contributed by atoms with E-state index in [-0.39, 0.29) is 12.2 Å². The largest absolute Gasteiger partial charge is 0.481 e. The van der Waals surface area contributed by atoms with E-state index in [0.717, 1.165) is 11.1 Å². The number of hydrogen-bond acceptors (Lipinski definition) is 3. The molecule has 0 bridgehead atoms. The van der Waals surface area contributed by atoms with Crippen LogP contribution in [0.1, 0.15) is 5.56 Å². The first-order valence-electron chi connectivity index (χ1n) is 5.40. The quantitative estimate of drug-likeness (QED) is 0.831. The van der Waals surface area contributed by atoms with Crippen molar-refractivity contribution in [1.29, 1.82) is 5.26 Å².